The molecule has 1 heterocycles. The van der Waals surface area contributed by atoms with Crippen LogP contribution >= 0.6 is 11.6 Å². The van der Waals surface area contributed by atoms with E-state index in [0.29, 0.717) is 33.5 Å². The molecule has 3 aromatic rings. The summed E-state index contributed by atoms with van der Waals surface area (Å²) in [5.41, 5.74) is 1.50. The monoisotopic (exact) mass is 644 g/mol. The van der Waals surface area contributed by atoms with Gasteiger partial charge in [0.1, 0.15) is 17.6 Å². The number of amides is 3. The quantitative estimate of drug-likeness (QED) is 0.313. The highest BCUT2D eigenvalue weighted by Gasteiger charge is 2.33. The first kappa shape index (κ1) is 33.1. The van der Waals surface area contributed by atoms with Crippen LogP contribution < -0.4 is 20.1 Å². The number of urea groups is 1. The van der Waals surface area contributed by atoms with E-state index >= 15 is 0 Å². The number of ether oxygens (including phenoxy) is 2. The second-order valence-electron chi connectivity index (χ2n) is 10.8. The minimum atomic E-state index is -3.87. The standard InChI is InChI=1S/C31H37ClN4O7S/c1-20-17-36(21(2)19-37)30(38)16-22-15-25(34-31(39)33-24-7-10-26(42-4)11-8-24)9-14-28(22)43-29(20)18-35(3)44(40,41)27-12-5-23(32)6-13-27/h5-15,20-21,29,37H,16-19H2,1-4H3,(H2,33,34,39)/t20-,21-,29+/m1/s1. The molecule has 4 rings (SSSR count). The Balaban J connectivity index is 1.60. The van der Waals surface area contributed by atoms with Crippen molar-refractivity contribution in [3.05, 3.63) is 77.3 Å². The van der Waals surface area contributed by atoms with E-state index in [1.165, 1.54) is 35.6 Å². The molecule has 0 unspecified atom stereocenters. The van der Waals surface area contributed by atoms with Crippen LogP contribution in [0.3, 0.4) is 0 Å². The lowest BCUT2D eigenvalue weighted by Gasteiger charge is -2.33. The number of sulfonamides is 1. The molecule has 3 N–H and O–H groups in total. The molecule has 11 nitrogen and oxygen atoms in total. The Morgan fingerprint density at radius 2 is 1.75 bits per heavy atom. The number of likely N-dealkylation sites (N-methyl/N-ethyl adjacent to an activating group) is 1. The molecule has 44 heavy (non-hydrogen) atoms. The average molecular weight is 645 g/mol. The van der Waals surface area contributed by atoms with E-state index in [4.69, 9.17) is 21.1 Å². The molecule has 3 amide bonds. The van der Waals surface area contributed by atoms with Crippen LogP contribution in [0, 0.1) is 5.92 Å². The first-order valence-corrected chi connectivity index (χ1v) is 15.9. The molecule has 0 spiro atoms. The third-order valence-electron chi connectivity index (χ3n) is 7.48. The summed E-state index contributed by atoms with van der Waals surface area (Å²) in [5, 5.41) is 15.8. The van der Waals surface area contributed by atoms with Crippen molar-refractivity contribution in [3.8, 4) is 11.5 Å². The number of anilines is 2. The van der Waals surface area contributed by atoms with Gasteiger partial charge in [-0.25, -0.2) is 13.2 Å². The molecular weight excluding hydrogens is 608 g/mol. The lowest BCUT2D eigenvalue weighted by molar-refractivity contribution is -0.134. The Hall–Kier alpha value is -3.84. The Morgan fingerprint density at radius 1 is 1.11 bits per heavy atom. The lowest BCUT2D eigenvalue weighted by atomic mass is 10.0. The fourth-order valence-corrected chi connectivity index (χ4v) is 6.14. The van der Waals surface area contributed by atoms with Gasteiger partial charge in [0.2, 0.25) is 15.9 Å². The number of fused-ring (bicyclic) bond motifs is 1. The van der Waals surface area contributed by atoms with Gasteiger partial charge in [-0.15, -0.1) is 0 Å². The van der Waals surface area contributed by atoms with E-state index in [0.717, 1.165) is 0 Å². The smallest absolute Gasteiger partial charge is 0.323 e. The van der Waals surface area contributed by atoms with Crippen molar-refractivity contribution in [1.29, 1.82) is 0 Å². The van der Waals surface area contributed by atoms with E-state index in [9.17, 15) is 23.1 Å². The molecule has 1 aliphatic rings. The number of rotatable bonds is 9. The highest BCUT2D eigenvalue weighted by Crippen LogP contribution is 2.30. The maximum atomic E-state index is 13.5. The van der Waals surface area contributed by atoms with Crippen molar-refractivity contribution in [2.75, 3.05) is 44.5 Å². The molecule has 0 saturated carbocycles. The number of methoxy groups -OCH3 is 1. The Morgan fingerprint density at radius 3 is 2.39 bits per heavy atom. The number of halogens is 1. The fourth-order valence-electron chi connectivity index (χ4n) is 4.83. The average Bonchev–Trinajstić information content (AvgIpc) is 3.04. The van der Waals surface area contributed by atoms with Gasteiger partial charge < -0.3 is 30.1 Å². The molecular formula is C31H37ClN4O7S. The number of hydrogen-bond donors (Lipinski definition) is 3. The van der Waals surface area contributed by atoms with Crippen LogP contribution in [0.5, 0.6) is 11.5 Å². The van der Waals surface area contributed by atoms with E-state index < -0.39 is 28.2 Å². The fraction of sp³-hybridized carbons (Fsp3) is 0.355. The number of benzene rings is 3. The largest absolute Gasteiger partial charge is 0.497 e. The maximum Gasteiger partial charge on any atom is 0.323 e. The number of carbonyl (C=O) groups excluding carboxylic acids is 2. The van der Waals surface area contributed by atoms with Crippen LogP contribution in [0.4, 0.5) is 16.2 Å². The van der Waals surface area contributed by atoms with Crippen molar-refractivity contribution in [3.63, 3.8) is 0 Å². The summed E-state index contributed by atoms with van der Waals surface area (Å²) >= 11 is 5.95. The number of aliphatic hydroxyl groups excluding tert-OH is 1. The summed E-state index contributed by atoms with van der Waals surface area (Å²) < 4.78 is 39.5. The number of nitrogens with zero attached hydrogens (tertiary/aromatic N) is 2. The van der Waals surface area contributed by atoms with E-state index in [2.05, 4.69) is 10.6 Å². The summed E-state index contributed by atoms with van der Waals surface area (Å²) in [6.07, 6.45) is -0.703. The predicted octanol–water partition coefficient (Wildman–Crippen LogP) is 4.46. The summed E-state index contributed by atoms with van der Waals surface area (Å²) in [6, 6.07) is 16.8. The summed E-state index contributed by atoms with van der Waals surface area (Å²) in [7, 11) is -0.840. The van der Waals surface area contributed by atoms with Gasteiger partial charge >= 0.3 is 6.03 Å². The van der Waals surface area contributed by atoms with Gasteiger partial charge in [-0.3, -0.25) is 4.79 Å². The topological polar surface area (TPSA) is 138 Å². The zero-order valence-corrected chi connectivity index (χ0v) is 26.6. The molecule has 0 aliphatic carbocycles. The van der Waals surface area contributed by atoms with Gasteiger partial charge in [0, 0.05) is 41.5 Å². The number of carbonyl (C=O) groups is 2. The molecule has 0 saturated heterocycles. The van der Waals surface area contributed by atoms with Gasteiger partial charge in [-0.05, 0) is 73.7 Å². The first-order valence-electron chi connectivity index (χ1n) is 14.0. The molecule has 0 bridgehead atoms. The Kier molecular flexibility index (Phi) is 10.7. The highest BCUT2D eigenvalue weighted by atomic mass is 35.5. The molecule has 1 aliphatic heterocycles. The van der Waals surface area contributed by atoms with Gasteiger partial charge in [0.25, 0.3) is 0 Å². The second kappa shape index (κ2) is 14.3. The first-order chi connectivity index (χ1) is 20.9. The highest BCUT2D eigenvalue weighted by molar-refractivity contribution is 7.89. The normalized spacial score (nSPS) is 17.9. The van der Waals surface area contributed by atoms with Gasteiger partial charge in [-0.2, -0.15) is 4.31 Å². The van der Waals surface area contributed by atoms with Crippen LogP contribution in [0.2, 0.25) is 5.02 Å². The Bertz CT molecular complexity index is 1570. The molecule has 0 aromatic heterocycles. The van der Waals surface area contributed by atoms with Crippen molar-refractivity contribution in [2.24, 2.45) is 5.92 Å². The van der Waals surface area contributed by atoms with Crippen molar-refractivity contribution in [2.45, 2.75) is 37.3 Å². The van der Waals surface area contributed by atoms with Gasteiger partial charge in [-0.1, -0.05) is 18.5 Å². The minimum absolute atomic E-state index is 0.00856. The number of hydrogen-bond acceptors (Lipinski definition) is 7. The molecule has 13 heteroatoms. The summed E-state index contributed by atoms with van der Waals surface area (Å²) in [4.78, 5) is 27.9. The summed E-state index contributed by atoms with van der Waals surface area (Å²) in [5.74, 6) is 0.511. The number of nitrogens with one attached hydrogen (secondary N) is 2. The molecule has 0 radical (unpaired) electrons. The van der Waals surface area contributed by atoms with E-state index in [1.807, 2.05) is 6.92 Å². The van der Waals surface area contributed by atoms with Crippen LogP contribution in [0.25, 0.3) is 0 Å². The second-order valence-corrected chi connectivity index (χ2v) is 13.2. The van der Waals surface area contributed by atoms with Crippen LogP contribution in [0.15, 0.2) is 71.6 Å². The maximum absolute atomic E-state index is 13.5. The Labute approximate surface area is 262 Å². The van der Waals surface area contributed by atoms with Crippen LogP contribution in [-0.2, 0) is 21.2 Å². The van der Waals surface area contributed by atoms with Crippen molar-refractivity contribution >= 4 is 44.9 Å². The lowest BCUT2D eigenvalue weighted by Crippen LogP contribution is -2.48. The summed E-state index contributed by atoms with van der Waals surface area (Å²) in [6.45, 7) is 3.61. The molecule has 0 fully saturated rings. The zero-order chi connectivity index (χ0) is 32.0. The van der Waals surface area contributed by atoms with Gasteiger partial charge in [0.15, 0.2) is 0 Å². The van der Waals surface area contributed by atoms with Crippen LogP contribution in [-0.4, -0.2) is 80.7 Å². The third-order valence-corrected chi connectivity index (χ3v) is 9.57. The van der Waals surface area contributed by atoms with Crippen molar-refractivity contribution in [1.82, 2.24) is 9.21 Å². The molecule has 236 valence electrons. The van der Waals surface area contributed by atoms with E-state index in [1.54, 1.807) is 61.4 Å². The molecule has 3 atom stereocenters. The SMILES string of the molecule is COc1ccc(NC(=O)Nc2ccc3c(c2)CC(=O)N([C@H](C)CO)C[C@@H](C)[C@H](CN(C)S(=O)(=O)c2ccc(Cl)cc2)O3)cc1. The minimum Gasteiger partial charge on any atom is -0.497 e. The predicted molar refractivity (Wildman–Crippen MR) is 169 cm³/mol. The molecule has 3 aromatic carbocycles. The van der Waals surface area contributed by atoms with Gasteiger partial charge in [0.05, 0.1) is 37.6 Å². The number of aliphatic hydroxyl groups is 1. The van der Waals surface area contributed by atoms with Crippen molar-refractivity contribution < 1.29 is 32.6 Å². The van der Waals surface area contributed by atoms with Crippen LogP contribution in [0.1, 0.15) is 19.4 Å². The zero-order valence-electron chi connectivity index (χ0n) is 25.0. The third kappa shape index (κ3) is 8.00. The van der Waals surface area contributed by atoms with E-state index in [-0.39, 0.29) is 42.8 Å².